The van der Waals surface area contributed by atoms with Gasteiger partial charge in [-0.1, -0.05) is 154 Å². The fourth-order valence-corrected chi connectivity index (χ4v) is 7.72. The molecule has 1 heteroatoms. The Morgan fingerprint density at radius 2 is 1.28 bits per heavy atom. The van der Waals surface area contributed by atoms with Crippen molar-refractivity contribution in [2.24, 2.45) is 0 Å². The van der Waals surface area contributed by atoms with Crippen LogP contribution in [-0.2, 0) is 12.0 Å². The molecule has 0 aliphatic heterocycles. The molecule has 1 aliphatic rings. The Bertz CT molecular complexity index is 2260. The molecular weight excluding hydrogens is 518 g/mol. The molecule has 0 fully saturated rings. The lowest BCUT2D eigenvalue weighted by Crippen LogP contribution is -2.16. The van der Waals surface area contributed by atoms with E-state index in [4.69, 9.17) is 0 Å². The number of nitrogens with zero attached hydrogens (tertiary/aromatic N) is 1. The van der Waals surface area contributed by atoms with Crippen molar-refractivity contribution in [1.82, 2.24) is 4.57 Å². The predicted molar refractivity (Wildman–Crippen MR) is 186 cm³/mol. The van der Waals surface area contributed by atoms with Gasteiger partial charge in [0, 0.05) is 28.1 Å². The van der Waals surface area contributed by atoms with Crippen LogP contribution in [0, 0.1) is 0 Å². The largest absolute Gasteiger partial charge is 0.336 e. The maximum absolute atomic E-state index is 2.62. The van der Waals surface area contributed by atoms with Crippen LogP contribution in [0.5, 0.6) is 0 Å². The van der Waals surface area contributed by atoms with Gasteiger partial charge in [-0.25, -0.2) is 0 Å². The van der Waals surface area contributed by atoms with Crippen LogP contribution in [0.3, 0.4) is 0 Å². The maximum Gasteiger partial charge on any atom is 0.0580 e. The monoisotopic (exact) mass is 553 g/mol. The molecule has 1 aliphatic carbocycles. The molecule has 0 spiro atoms. The van der Waals surface area contributed by atoms with E-state index in [0.29, 0.717) is 0 Å². The Morgan fingerprint density at radius 3 is 2.05 bits per heavy atom. The Hall–Kier alpha value is -4.88. The Labute approximate surface area is 253 Å². The first-order valence-corrected chi connectivity index (χ1v) is 15.5. The van der Waals surface area contributed by atoms with Crippen LogP contribution in [0.1, 0.15) is 43.9 Å². The summed E-state index contributed by atoms with van der Waals surface area (Å²) in [6.07, 6.45) is 8.02. The van der Waals surface area contributed by atoms with Gasteiger partial charge in [-0.05, 0) is 56.0 Å². The van der Waals surface area contributed by atoms with Crippen molar-refractivity contribution in [1.29, 1.82) is 0 Å². The average molecular weight is 554 g/mol. The van der Waals surface area contributed by atoms with Gasteiger partial charge >= 0.3 is 0 Å². The summed E-state index contributed by atoms with van der Waals surface area (Å²) in [5.74, 6) is 0. The topological polar surface area (TPSA) is 4.93 Å². The van der Waals surface area contributed by atoms with Gasteiger partial charge in [0.1, 0.15) is 0 Å². The second-order valence-corrected chi connectivity index (χ2v) is 12.3. The molecular formula is C42H35N. The normalized spacial score (nSPS) is 14.3. The Morgan fingerprint density at radius 1 is 0.628 bits per heavy atom. The minimum Gasteiger partial charge on any atom is -0.336 e. The molecule has 6 aromatic carbocycles. The number of hydrogen-bond donors (Lipinski definition) is 0. The zero-order valence-corrected chi connectivity index (χ0v) is 25.1. The van der Waals surface area contributed by atoms with Crippen LogP contribution >= 0.6 is 0 Å². The smallest absolute Gasteiger partial charge is 0.0580 e. The lowest BCUT2D eigenvalue weighted by Gasteiger charge is -2.23. The molecule has 0 N–H and O–H groups in total. The molecule has 208 valence electrons. The molecule has 0 saturated heterocycles. The first kappa shape index (κ1) is 25.8. The van der Waals surface area contributed by atoms with Gasteiger partial charge in [-0.2, -0.15) is 0 Å². The van der Waals surface area contributed by atoms with Gasteiger partial charge in [0.25, 0.3) is 0 Å². The number of fused-ring (bicyclic) bond motifs is 12. The van der Waals surface area contributed by atoms with Crippen LogP contribution in [0.4, 0.5) is 0 Å². The minimum absolute atomic E-state index is 0.107. The van der Waals surface area contributed by atoms with Crippen molar-refractivity contribution >= 4 is 48.9 Å². The van der Waals surface area contributed by atoms with E-state index in [9.17, 15) is 0 Å². The summed E-state index contributed by atoms with van der Waals surface area (Å²) < 4.78 is 2.62. The molecule has 1 heterocycles. The van der Waals surface area contributed by atoms with Crippen molar-refractivity contribution in [3.05, 3.63) is 150 Å². The molecule has 43 heavy (non-hydrogen) atoms. The highest BCUT2D eigenvalue weighted by molar-refractivity contribution is 6.32. The molecule has 0 saturated carbocycles. The van der Waals surface area contributed by atoms with E-state index in [-0.39, 0.29) is 5.41 Å². The molecule has 0 radical (unpaired) electrons. The van der Waals surface area contributed by atoms with Crippen molar-refractivity contribution in [2.45, 2.75) is 39.2 Å². The number of rotatable bonds is 5. The summed E-state index contributed by atoms with van der Waals surface area (Å²) in [4.78, 5) is 0. The first-order valence-electron chi connectivity index (χ1n) is 15.5. The third-order valence-corrected chi connectivity index (χ3v) is 9.52. The van der Waals surface area contributed by atoms with Crippen LogP contribution < -0.4 is 0 Å². The average Bonchev–Trinajstić information content (AvgIpc) is 3.50. The summed E-state index contributed by atoms with van der Waals surface area (Å²) in [6, 6.07) is 42.4. The van der Waals surface area contributed by atoms with Crippen molar-refractivity contribution in [2.75, 3.05) is 0 Å². The summed E-state index contributed by atoms with van der Waals surface area (Å²) in [7, 11) is 0. The zero-order valence-electron chi connectivity index (χ0n) is 25.1. The van der Waals surface area contributed by atoms with Crippen LogP contribution in [-0.4, -0.2) is 4.57 Å². The van der Waals surface area contributed by atoms with E-state index < -0.39 is 0 Å². The maximum atomic E-state index is 2.62. The summed E-state index contributed by atoms with van der Waals surface area (Å²) in [5.41, 5.74) is 10.7. The number of benzene rings is 6. The number of allylic oxidation sites excluding steroid dienone is 4. The third kappa shape index (κ3) is 3.78. The van der Waals surface area contributed by atoms with Crippen LogP contribution in [0.15, 0.2) is 133 Å². The van der Waals surface area contributed by atoms with Crippen LogP contribution in [0.2, 0.25) is 0 Å². The lowest BCUT2D eigenvalue weighted by atomic mass is 9.81. The van der Waals surface area contributed by atoms with Gasteiger partial charge in [-0.3, -0.25) is 0 Å². The zero-order chi connectivity index (χ0) is 29.1. The molecule has 8 rings (SSSR count). The fraction of sp³-hybridized carbons (Fsp3) is 0.143. The molecule has 7 aromatic rings. The van der Waals surface area contributed by atoms with Gasteiger partial charge in [0.15, 0.2) is 0 Å². The van der Waals surface area contributed by atoms with Gasteiger partial charge < -0.3 is 4.57 Å². The minimum atomic E-state index is -0.107. The van der Waals surface area contributed by atoms with Crippen molar-refractivity contribution < 1.29 is 0 Å². The Balaban J connectivity index is 1.48. The Kier molecular flexibility index (Phi) is 5.91. The highest BCUT2D eigenvalue weighted by atomic mass is 15.0. The highest BCUT2D eigenvalue weighted by Gasteiger charge is 2.38. The summed E-state index contributed by atoms with van der Waals surface area (Å²) >= 11 is 0. The van der Waals surface area contributed by atoms with E-state index in [0.717, 1.165) is 13.0 Å². The van der Waals surface area contributed by atoms with Crippen molar-refractivity contribution in [3.8, 4) is 11.1 Å². The van der Waals surface area contributed by atoms with E-state index in [2.05, 4.69) is 159 Å². The molecule has 0 atom stereocenters. The fourth-order valence-electron chi connectivity index (χ4n) is 7.72. The van der Waals surface area contributed by atoms with E-state index >= 15 is 0 Å². The molecule has 0 amide bonds. The summed E-state index contributed by atoms with van der Waals surface area (Å²) in [5, 5.41) is 7.98. The van der Waals surface area contributed by atoms with Crippen LogP contribution in [0.25, 0.3) is 60.1 Å². The van der Waals surface area contributed by atoms with Crippen molar-refractivity contribution in [3.63, 3.8) is 0 Å². The van der Waals surface area contributed by atoms with Gasteiger partial charge in [-0.15, -0.1) is 0 Å². The second-order valence-electron chi connectivity index (χ2n) is 12.3. The number of hydrogen-bond acceptors (Lipinski definition) is 0. The lowest BCUT2D eigenvalue weighted by molar-refractivity contribution is 0.661. The second kappa shape index (κ2) is 9.85. The molecule has 1 nitrogen and oxygen atoms in total. The third-order valence-electron chi connectivity index (χ3n) is 9.52. The SMILES string of the molecule is CC/C=C(\C=C/Cn1c2c3c(ccc2c2c4ccccc4c4ccccc4c21)-c1ccccc1C3(C)C)c1ccccc1. The van der Waals surface area contributed by atoms with E-state index in [1.54, 1.807) is 0 Å². The predicted octanol–water partition coefficient (Wildman–Crippen LogP) is 11.5. The quantitative estimate of drug-likeness (QED) is 0.148. The van der Waals surface area contributed by atoms with E-state index in [1.165, 1.54) is 76.7 Å². The summed E-state index contributed by atoms with van der Waals surface area (Å²) in [6.45, 7) is 7.81. The number of aromatic nitrogens is 1. The standard InChI is InChI=1S/C42H35N/c1-4-15-28(29-16-6-5-7-17-29)18-14-27-43-40-35-23-11-9-20-31(35)30-19-8-10-22-33(30)38(40)36-26-25-34-32-21-12-13-24-37(32)42(2,3)39(34)41(36)43/h5-26H,4,27H2,1-3H3/b18-14-,28-15+. The first-order chi connectivity index (χ1) is 21.1. The van der Waals surface area contributed by atoms with E-state index in [1.807, 2.05) is 0 Å². The highest BCUT2D eigenvalue weighted by Crippen LogP contribution is 2.53. The van der Waals surface area contributed by atoms with Gasteiger partial charge in [0.2, 0.25) is 0 Å². The molecule has 0 bridgehead atoms. The molecule has 1 aromatic heterocycles. The van der Waals surface area contributed by atoms with Gasteiger partial charge in [0.05, 0.1) is 11.0 Å². The molecule has 0 unspecified atom stereocenters.